The molecule has 0 saturated heterocycles. The molecular weight excluding hydrogens is 312 g/mol. The van der Waals surface area contributed by atoms with Gasteiger partial charge in [-0.2, -0.15) is 5.10 Å². The molecule has 0 bridgehead atoms. The maximum Gasteiger partial charge on any atom is 0.161 e. The van der Waals surface area contributed by atoms with E-state index in [9.17, 15) is 4.79 Å². The van der Waals surface area contributed by atoms with Crippen LogP contribution in [0.25, 0.3) is 0 Å². The first-order valence-electron chi connectivity index (χ1n) is 8.91. The normalized spacial score (nSPS) is 20.2. The average Bonchev–Trinajstić information content (AvgIpc) is 2.91. The van der Waals surface area contributed by atoms with Crippen molar-refractivity contribution >= 4 is 11.6 Å². The molecule has 1 N–H and O–H groups in total. The average molecular weight is 336 g/mol. The molecule has 5 nitrogen and oxygen atoms in total. The smallest absolute Gasteiger partial charge is 0.161 e. The second-order valence-corrected chi connectivity index (χ2v) is 7.94. The molecule has 2 aromatic rings. The van der Waals surface area contributed by atoms with Gasteiger partial charge in [-0.25, -0.2) is 4.68 Å². The summed E-state index contributed by atoms with van der Waals surface area (Å²) in [6, 6.07) is 4.03. The Labute approximate surface area is 148 Å². The first kappa shape index (κ1) is 16.1. The van der Waals surface area contributed by atoms with Crippen LogP contribution in [0.4, 0.5) is 5.82 Å². The Morgan fingerprint density at radius 1 is 1.20 bits per heavy atom. The van der Waals surface area contributed by atoms with E-state index in [0.717, 1.165) is 46.8 Å². The van der Waals surface area contributed by atoms with E-state index in [1.54, 1.807) is 12.4 Å². The summed E-state index contributed by atoms with van der Waals surface area (Å²) < 4.78 is 2.06. The number of allylic oxidation sites excluding steroid dienone is 2. The lowest BCUT2D eigenvalue weighted by molar-refractivity contribution is -0.116. The van der Waals surface area contributed by atoms with E-state index in [2.05, 4.69) is 35.8 Å². The highest BCUT2D eigenvalue weighted by molar-refractivity contribution is 6.01. The van der Waals surface area contributed by atoms with Crippen molar-refractivity contribution < 1.29 is 4.79 Å². The first-order valence-corrected chi connectivity index (χ1v) is 8.91. The summed E-state index contributed by atoms with van der Waals surface area (Å²) in [6.45, 7) is 8.49. The third kappa shape index (κ3) is 2.49. The van der Waals surface area contributed by atoms with E-state index in [1.165, 1.54) is 0 Å². The molecule has 2 aromatic heterocycles. The van der Waals surface area contributed by atoms with Gasteiger partial charge in [-0.15, -0.1) is 0 Å². The number of nitrogens with zero attached hydrogens (tertiary/aromatic N) is 3. The Balaban J connectivity index is 1.99. The highest BCUT2D eigenvalue weighted by atomic mass is 16.1. The van der Waals surface area contributed by atoms with Gasteiger partial charge in [0.05, 0.1) is 11.2 Å². The minimum atomic E-state index is -0.134. The standard InChI is InChI=1S/C20H24N4O/c1-12-16-17(13-8-10-21-11-9-13)18-14(6-5-7-15(18)25)22-19(16)24(23-12)20(2,3)4/h8-11,17,22H,5-7H2,1-4H3/t17-/m0/s1. The Morgan fingerprint density at radius 3 is 2.60 bits per heavy atom. The van der Waals surface area contributed by atoms with Crippen LogP contribution in [0.15, 0.2) is 35.8 Å². The van der Waals surface area contributed by atoms with Gasteiger partial charge in [0.2, 0.25) is 0 Å². The zero-order valence-electron chi connectivity index (χ0n) is 15.3. The van der Waals surface area contributed by atoms with E-state index in [0.29, 0.717) is 6.42 Å². The van der Waals surface area contributed by atoms with Gasteiger partial charge < -0.3 is 5.32 Å². The van der Waals surface area contributed by atoms with E-state index < -0.39 is 0 Å². The van der Waals surface area contributed by atoms with Crippen molar-refractivity contribution in [3.8, 4) is 0 Å². The van der Waals surface area contributed by atoms with Crippen LogP contribution in [0.5, 0.6) is 0 Å². The molecule has 130 valence electrons. The molecule has 4 rings (SSSR count). The molecule has 0 spiro atoms. The van der Waals surface area contributed by atoms with Gasteiger partial charge in [0, 0.05) is 41.6 Å². The van der Waals surface area contributed by atoms with Crippen LogP contribution < -0.4 is 5.32 Å². The van der Waals surface area contributed by atoms with Gasteiger partial charge in [-0.1, -0.05) is 0 Å². The summed E-state index contributed by atoms with van der Waals surface area (Å²) in [5.41, 5.74) is 5.05. The molecule has 25 heavy (non-hydrogen) atoms. The van der Waals surface area contributed by atoms with Crippen LogP contribution in [0, 0.1) is 6.92 Å². The lowest BCUT2D eigenvalue weighted by Crippen LogP contribution is -2.30. The quantitative estimate of drug-likeness (QED) is 0.858. The molecule has 0 unspecified atom stereocenters. The Morgan fingerprint density at radius 2 is 1.92 bits per heavy atom. The molecule has 1 atom stereocenters. The highest BCUT2D eigenvalue weighted by Gasteiger charge is 2.39. The van der Waals surface area contributed by atoms with Crippen LogP contribution in [-0.2, 0) is 10.3 Å². The topological polar surface area (TPSA) is 59.8 Å². The number of carbonyl (C=O) groups excluding carboxylic acids is 1. The third-order valence-electron chi connectivity index (χ3n) is 5.08. The zero-order valence-corrected chi connectivity index (χ0v) is 15.3. The van der Waals surface area contributed by atoms with Crippen molar-refractivity contribution in [1.82, 2.24) is 14.8 Å². The molecule has 2 aliphatic rings. The molecule has 0 radical (unpaired) electrons. The van der Waals surface area contributed by atoms with Crippen molar-refractivity contribution in [1.29, 1.82) is 0 Å². The van der Waals surface area contributed by atoms with Crippen molar-refractivity contribution in [3.05, 3.63) is 52.6 Å². The zero-order chi connectivity index (χ0) is 17.8. The maximum absolute atomic E-state index is 12.8. The summed E-state index contributed by atoms with van der Waals surface area (Å²) in [5, 5.41) is 8.39. The minimum absolute atomic E-state index is 0.0573. The van der Waals surface area contributed by atoms with Gasteiger partial charge in [0.15, 0.2) is 5.78 Å². The van der Waals surface area contributed by atoms with Crippen LogP contribution in [0.2, 0.25) is 0 Å². The Bertz CT molecular complexity index is 871. The molecule has 0 amide bonds. The maximum atomic E-state index is 12.8. The Hall–Kier alpha value is -2.43. The van der Waals surface area contributed by atoms with Crippen molar-refractivity contribution in [2.24, 2.45) is 0 Å². The molecular formula is C20H24N4O. The monoisotopic (exact) mass is 336 g/mol. The fourth-order valence-corrected chi connectivity index (χ4v) is 4.00. The van der Waals surface area contributed by atoms with Gasteiger partial charge in [0.1, 0.15) is 5.82 Å². The summed E-state index contributed by atoms with van der Waals surface area (Å²) in [6.07, 6.45) is 6.05. The van der Waals surface area contributed by atoms with E-state index in [4.69, 9.17) is 5.10 Å². The lowest BCUT2D eigenvalue weighted by Gasteiger charge is -2.34. The molecule has 5 heteroatoms. The van der Waals surface area contributed by atoms with Gasteiger partial charge in [-0.3, -0.25) is 9.78 Å². The molecule has 0 fully saturated rings. The van der Waals surface area contributed by atoms with Crippen LogP contribution in [0.3, 0.4) is 0 Å². The number of Topliss-reactive ketones (excluding diaryl/α,β-unsaturated/α-hetero) is 1. The number of fused-ring (bicyclic) bond motifs is 1. The number of carbonyl (C=O) groups is 1. The molecule has 3 heterocycles. The number of aromatic nitrogens is 3. The largest absolute Gasteiger partial charge is 0.343 e. The molecule has 0 saturated carbocycles. The Kier molecular flexibility index (Phi) is 3.56. The third-order valence-corrected chi connectivity index (χ3v) is 5.08. The van der Waals surface area contributed by atoms with Gasteiger partial charge in [0.25, 0.3) is 0 Å². The minimum Gasteiger partial charge on any atom is -0.343 e. The van der Waals surface area contributed by atoms with Crippen LogP contribution in [0.1, 0.15) is 62.8 Å². The van der Waals surface area contributed by atoms with E-state index >= 15 is 0 Å². The fourth-order valence-electron chi connectivity index (χ4n) is 4.00. The van der Waals surface area contributed by atoms with Crippen molar-refractivity contribution in [2.45, 2.75) is 58.4 Å². The van der Waals surface area contributed by atoms with Crippen LogP contribution in [-0.4, -0.2) is 20.5 Å². The fraction of sp³-hybridized carbons (Fsp3) is 0.450. The van der Waals surface area contributed by atoms with Gasteiger partial charge in [-0.05, 0) is 58.2 Å². The molecule has 0 aromatic carbocycles. The summed E-state index contributed by atoms with van der Waals surface area (Å²) in [7, 11) is 0. The number of hydrogen-bond donors (Lipinski definition) is 1. The first-order chi connectivity index (χ1) is 11.9. The number of rotatable bonds is 1. The predicted octanol–water partition coefficient (Wildman–Crippen LogP) is 3.91. The molecule has 1 aliphatic heterocycles. The van der Waals surface area contributed by atoms with Crippen molar-refractivity contribution in [2.75, 3.05) is 5.32 Å². The summed E-state index contributed by atoms with van der Waals surface area (Å²) in [5.74, 6) is 1.22. The number of pyridine rings is 1. The highest BCUT2D eigenvalue weighted by Crippen LogP contribution is 2.47. The van der Waals surface area contributed by atoms with Gasteiger partial charge >= 0.3 is 0 Å². The summed E-state index contributed by atoms with van der Waals surface area (Å²) in [4.78, 5) is 16.9. The predicted molar refractivity (Wildman–Crippen MR) is 97.5 cm³/mol. The number of ketones is 1. The number of hydrogen-bond acceptors (Lipinski definition) is 4. The summed E-state index contributed by atoms with van der Waals surface area (Å²) >= 11 is 0. The van der Waals surface area contributed by atoms with Crippen LogP contribution >= 0.6 is 0 Å². The lowest BCUT2D eigenvalue weighted by atomic mass is 9.76. The second-order valence-electron chi connectivity index (χ2n) is 7.94. The van der Waals surface area contributed by atoms with E-state index in [-0.39, 0.29) is 17.2 Å². The van der Waals surface area contributed by atoms with E-state index in [1.807, 2.05) is 19.1 Å². The second kappa shape index (κ2) is 5.55. The number of nitrogens with one attached hydrogen (secondary N) is 1. The number of aryl methyl sites for hydroxylation is 1. The number of anilines is 1. The SMILES string of the molecule is Cc1nn(C(C)(C)C)c2c1[C@H](c1ccncc1)C1=C(CCCC1=O)N2. The van der Waals surface area contributed by atoms with Crippen molar-refractivity contribution in [3.63, 3.8) is 0 Å². The molecule has 1 aliphatic carbocycles.